The van der Waals surface area contributed by atoms with Gasteiger partial charge in [0.1, 0.15) is 5.03 Å². The Labute approximate surface area is 193 Å². The van der Waals surface area contributed by atoms with Gasteiger partial charge in [0.2, 0.25) is 0 Å². The third-order valence-electron chi connectivity index (χ3n) is 5.82. The molecule has 2 heterocycles. The zero-order chi connectivity index (χ0) is 21.6. The van der Waals surface area contributed by atoms with Crippen LogP contribution >= 0.6 is 23.4 Å². The van der Waals surface area contributed by atoms with Crippen molar-refractivity contribution in [2.24, 2.45) is 0 Å². The highest BCUT2D eigenvalue weighted by Crippen LogP contribution is 2.30. The van der Waals surface area contributed by atoms with Crippen LogP contribution in [-0.4, -0.2) is 41.5 Å². The van der Waals surface area contributed by atoms with Crippen LogP contribution in [0.15, 0.2) is 64.5 Å². The van der Waals surface area contributed by atoms with E-state index in [4.69, 9.17) is 16.6 Å². The molecular formula is C25H28ClN3OS. The number of amides is 1. The maximum absolute atomic E-state index is 13.0. The van der Waals surface area contributed by atoms with Crippen LogP contribution in [0, 0.1) is 0 Å². The molecule has 0 aliphatic carbocycles. The molecule has 1 aromatic heterocycles. The van der Waals surface area contributed by atoms with Crippen molar-refractivity contribution < 1.29 is 4.79 Å². The van der Waals surface area contributed by atoms with Gasteiger partial charge in [-0.1, -0.05) is 48.0 Å². The number of nitrogens with one attached hydrogen (secondary N) is 1. The number of piperidine rings is 1. The molecule has 1 unspecified atom stereocenters. The molecule has 3 aromatic rings. The van der Waals surface area contributed by atoms with Crippen molar-refractivity contribution in [3.63, 3.8) is 0 Å². The van der Waals surface area contributed by atoms with Crippen molar-refractivity contribution in [3.05, 3.63) is 65.2 Å². The van der Waals surface area contributed by atoms with Crippen LogP contribution in [0.25, 0.3) is 10.9 Å². The second kappa shape index (κ2) is 10.5. The lowest BCUT2D eigenvalue weighted by Crippen LogP contribution is -2.39. The number of likely N-dealkylation sites (tertiary alicyclic amines) is 1. The van der Waals surface area contributed by atoms with Crippen molar-refractivity contribution in [2.75, 3.05) is 19.6 Å². The summed E-state index contributed by atoms with van der Waals surface area (Å²) in [4.78, 5) is 21.4. The number of pyridine rings is 1. The van der Waals surface area contributed by atoms with Crippen molar-refractivity contribution >= 4 is 40.2 Å². The fourth-order valence-corrected chi connectivity index (χ4v) is 5.04. The summed E-state index contributed by atoms with van der Waals surface area (Å²) in [6.45, 7) is 5.20. The highest BCUT2D eigenvalue weighted by atomic mass is 35.5. The number of halogens is 1. The van der Waals surface area contributed by atoms with Crippen LogP contribution in [0.3, 0.4) is 0 Å². The summed E-state index contributed by atoms with van der Waals surface area (Å²) < 4.78 is 0. The van der Waals surface area contributed by atoms with E-state index in [-0.39, 0.29) is 5.91 Å². The molecule has 0 saturated carbocycles. The van der Waals surface area contributed by atoms with E-state index in [1.807, 2.05) is 54.6 Å². The summed E-state index contributed by atoms with van der Waals surface area (Å²) >= 11 is 7.53. The summed E-state index contributed by atoms with van der Waals surface area (Å²) in [5.74, 6) is -0.0387. The first-order chi connectivity index (χ1) is 15.1. The zero-order valence-corrected chi connectivity index (χ0v) is 19.4. The molecule has 1 aliphatic heterocycles. The maximum Gasteiger partial charge on any atom is 0.252 e. The predicted molar refractivity (Wildman–Crippen MR) is 129 cm³/mol. The highest BCUT2D eigenvalue weighted by molar-refractivity contribution is 7.99. The van der Waals surface area contributed by atoms with E-state index in [0.717, 1.165) is 33.8 Å². The lowest BCUT2D eigenvalue weighted by Gasteiger charge is -2.33. The molecule has 31 heavy (non-hydrogen) atoms. The normalized spacial score (nSPS) is 17.0. The van der Waals surface area contributed by atoms with Gasteiger partial charge >= 0.3 is 0 Å². The fourth-order valence-electron chi connectivity index (χ4n) is 4.08. The quantitative estimate of drug-likeness (QED) is 0.443. The van der Waals surface area contributed by atoms with E-state index in [1.165, 1.54) is 37.6 Å². The molecule has 1 N–H and O–H groups in total. The summed E-state index contributed by atoms with van der Waals surface area (Å²) in [5.41, 5.74) is 1.50. The number of benzene rings is 2. The maximum atomic E-state index is 13.0. The molecule has 6 heteroatoms. The first-order valence-electron chi connectivity index (χ1n) is 11.0. The Kier molecular flexibility index (Phi) is 7.49. The summed E-state index contributed by atoms with van der Waals surface area (Å²) in [6, 6.07) is 18.0. The molecule has 0 spiro atoms. The Morgan fingerprint density at radius 3 is 2.81 bits per heavy atom. The zero-order valence-electron chi connectivity index (χ0n) is 17.8. The third kappa shape index (κ3) is 5.79. The average Bonchev–Trinajstić information content (AvgIpc) is 2.78. The molecular weight excluding hydrogens is 426 g/mol. The van der Waals surface area contributed by atoms with Crippen LogP contribution in [-0.2, 0) is 0 Å². The summed E-state index contributed by atoms with van der Waals surface area (Å²) in [7, 11) is 0. The average molecular weight is 454 g/mol. The second-order valence-corrected chi connectivity index (χ2v) is 9.60. The van der Waals surface area contributed by atoms with Crippen molar-refractivity contribution in [1.82, 2.24) is 15.2 Å². The van der Waals surface area contributed by atoms with Gasteiger partial charge in [0, 0.05) is 34.4 Å². The van der Waals surface area contributed by atoms with E-state index in [9.17, 15) is 4.79 Å². The van der Waals surface area contributed by atoms with Gasteiger partial charge in [0.25, 0.3) is 5.91 Å². The van der Waals surface area contributed by atoms with Crippen LogP contribution in [0.4, 0.5) is 0 Å². The number of hydrogen-bond acceptors (Lipinski definition) is 4. The number of carbonyl (C=O) groups excluding carboxylic acids is 1. The minimum absolute atomic E-state index is 0.0387. The number of rotatable bonds is 7. The Balaban J connectivity index is 1.45. The van der Waals surface area contributed by atoms with Crippen molar-refractivity contribution in [3.8, 4) is 0 Å². The lowest BCUT2D eigenvalue weighted by atomic mass is 10.0. The van der Waals surface area contributed by atoms with Crippen molar-refractivity contribution in [1.29, 1.82) is 0 Å². The third-order valence-corrected chi connectivity index (χ3v) is 7.00. The molecule has 4 nitrogen and oxygen atoms in total. The van der Waals surface area contributed by atoms with Crippen LogP contribution < -0.4 is 5.32 Å². The van der Waals surface area contributed by atoms with E-state index < -0.39 is 0 Å². The molecule has 162 valence electrons. The van der Waals surface area contributed by atoms with Gasteiger partial charge in [-0.15, -0.1) is 0 Å². The molecule has 2 aromatic carbocycles. The standard InChI is InChI=1S/C25H28ClN3OS/c1-18-7-4-5-15-29(18)16-6-14-27-25(30)22-17-24(28-23-9-3-2-8-21(22)23)31-20-12-10-19(26)11-13-20/h2-3,8-13,17-18H,4-7,14-16H2,1H3,(H,27,30). The van der Waals surface area contributed by atoms with Gasteiger partial charge in [-0.05, 0) is 69.1 Å². The summed E-state index contributed by atoms with van der Waals surface area (Å²) in [6.07, 6.45) is 4.86. The number of hydrogen-bond donors (Lipinski definition) is 1. The number of para-hydroxylation sites is 1. The first kappa shape index (κ1) is 22.1. The number of aromatic nitrogens is 1. The molecule has 4 rings (SSSR count). The number of fused-ring (bicyclic) bond motifs is 1. The van der Waals surface area contributed by atoms with Crippen LogP contribution in [0.5, 0.6) is 0 Å². The van der Waals surface area contributed by atoms with Crippen molar-refractivity contribution in [2.45, 2.75) is 48.6 Å². The minimum Gasteiger partial charge on any atom is -0.352 e. The first-order valence-corrected chi connectivity index (χ1v) is 12.1. The van der Waals surface area contributed by atoms with Gasteiger partial charge in [-0.25, -0.2) is 4.98 Å². The Morgan fingerprint density at radius 2 is 2.00 bits per heavy atom. The monoisotopic (exact) mass is 453 g/mol. The molecule has 1 atom stereocenters. The minimum atomic E-state index is -0.0387. The molecule has 1 aliphatic rings. The van der Waals surface area contributed by atoms with Crippen LogP contribution in [0.2, 0.25) is 5.02 Å². The Bertz CT molecular complexity index is 1040. The smallest absolute Gasteiger partial charge is 0.252 e. The van der Waals surface area contributed by atoms with Gasteiger partial charge < -0.3 is 10.2 Å². The largest absolute Gasteiger partial charge is 0.352 e. The Morgan fingerprint density at radius 1 is 1.19 bits per heavy atom. The van der Waals surface area contributed by atoms with E-state index in [0.29, 0.717) is 23.2 Å². The van der Waals surface area contributed by atoms with Gasteiger partial charge in [-0.2, -0.15) is 0 Å². The van der Waals surface area contributed by atoms with E-state index in [2.05, 4.69) is 17.1 Å². The Hall–Kier alpha value is -2.08. The van der Waals surface area contributed by atoms with Crippen LogP contribution in [0.1, 0.15) is 43.0 Å². The molecule has 1 fully saturated rings. The number of nitrogens with zero attached hydrogens (tertiary/aromatic N) is 2. The number of carbonyl (C=O) groups is 1. The molecule has 1 amide bonds. The lowest BCUT2D eigenvalue weighted by molar-refractivity contribution is 0.0950. The molecule has 0 radical (unpaired) electrons. The summed E-state index contributed by atoms with van der Waals surface area (Å²) in [5, 5.41) is 5.51. The SMILES string of the molecule is CC1CCCCN1CCCNC(=O)c1cc(Sc2ccc(Cl)cc2)nc2ccccc12. The van der Waals surface area contributed by atoms with Gasteiger partial charge in [-0.3, -0.25) is 4.79 Å². The van der Waals surface area contributed by atoms with E-state index in [1.54, 1.807) is 0 Å². The second-order valence-electron chi connectivity index (χ2n) is 8.07. The highest BCUT2D eigenvalue weighted by Gasteiger charge is 2.18. The topological polar surface area (TPSA) is 45.2 Å². The molecule has 1 saturated heterocycles. The van der Waals surface area contributed by atoms with Gasteiger partial charge in [0.05, 0.1) is 11.1 Å². The molecule has 0 bridgehead atoms. The van der Waals surface area contributed by atoms with Gasteiger partial charge in [0.15, 0.2) is 0 Å². The predicted octanol–water partition coefficient (Wildman–Crippen LogP) is 6.03. The van der Waals surface area contributed by atoms with E-state index >= 15 is 0 Å². The fraction of sp³-hybridized carbons (Fsp3) is 0.360.